The first-order chi connectivity index (χ1) is 7.22. The van der Waals surface area contributed by atoms with Gasteiger partial charge in [0.2, 0.25) is 0 Å². The molecule has 0 amide bonds. The first kappa shape index (κ1) is 11.4. The van der Waals surface area contributed by atoms with Crippen LogP contribution >= 0.6 is 0 Å². The van der Waals surface area contributed by atoms with E-state index in [4.69, 9.17) is 5.73 Å². The van der Waals surface area contributed by atoms with Crippen molar-refractivity contribution in [3.05, 3.63) is 0 Å². The molecule has 3 nitrogen and oxygen atoms in total. The van der Waals surface area contributed by atoms with Crippen LogP contribution in [-0.2, 0) is 0 Å². The van der Waals surface area contributed by atoms with Gasteiger partial charge in [0, 0.05) is 31.7 Å². The number of rotatable bonds is 4. The van der Waals surface area contributed by atoms with Crippen LogP contribution in [0.5, 0.6) is 0 Å². The van der Waals surface area contributed by atoms with Gasteiger partial charge in [-0.25, -0.2) is 0 Å². The van der Waals surface area contributed by atoms with Crippen molar-refractivity contribution < 1.29 is 0 Å². The standard InChI is InChI=1S/C12H25N3/c1-2-14-8-10-15(11-9-14)7-6-12(13)4-3-5-12/h2-11,13H2,1H3. The molecule has 15 heavy (non-hydrogen) atoms. The van der Waals surface area contributed by atoms with Crippen molar-refractivity contribution in [1.29, 1.82) is 0 Å². The monoisotopic (exact) mass is 211 g/mol. The summed E-state index contributed by atoms with van der Waals surface area (Å²) >= 11 is 0. The zero-order valence-electron chi connectivity index (χ0n) is 10.0. The molecule has 0 bridgehead atoms. The van der Waals surface area contributed by atoms with E-state index in [1.807, 2.05) is 0 Å². The van der Waals surface area contributed by atoms with Gasteiger partial charge in [-0.1, -0.05) is 6.92 Å². The van der Waals surface area contributed by atoms with Crippen LogP contribution in [0.1, 0.15) is 32.6 Å². The summed E-state index contributed by atoms with van der Waals surface area (Å²) in [4.78, 5) is 5.11. The predicted octanol–water partition coefficient (Wildman–Crippen LogP) is 0.895. The van der Waals surface area contributed by atoms with Crippen molar-refractivity contribution in [2.75, 3.05) is 39.3 Å². The summed E-state index contributed by atoms with van der Waals surface area (Å²) < 4.78 is 0. The van der Waals surface area contributed by atoms with Crippen LogP contribution in [0.25, 0.3) is 0 Å². The maximum absolute atomic E-state index is 6.24. The predicted molar refractivity (Wildman–Crippen MR) is 63.9 cm³/mol. The molecule has 1 heterocycles. The third kappa shape index (κ3) is 2.92. The average Bonchev–Trinajstić information content (AvgIpc) is 2.24. The van der Waals surface area contributed by atoms with Crippen molar-refractivity contribution in [3.8, 4) is 0 Å². The molecule has 1 aliphatic carbocycles. The van der Waals surface area contributed by atoms with E-state index >= 15 is 0 Å². The fourth-order valence-electron chi connectivity index (χ4n) is 2.59. The van der Waals surface area contributed by atoms with Crippen LogP contribution in [0.4, 0.5) is 0 Å². The minimum absolute atomic E-state index is 0.210. The summed E-state index contributed by atoms with van der Waals surface area (Å²) in [6.45, 7) is 9.64. The van der Waals surface area contributed by atoms with Gasteiger partial charge in [0.1, 0.15) is 0 Å². The molecule has 0 aromatic rings. The molecule has 2 rings (SSSR count). The maximum Gasteiger partial charge on any atom is 0.0166 e. The topological polar surface area (TPSA) is 32.5 Å². The Morgan fingerprint density at radius 2 is 1.67 bits per heavy atom. The molecule has 0 aromatic carbocycles. The Kier molecular flexibility index (Phi) is 3.65. The molecule has 0 radical (unpaired) electrons. The molecule has 2 aliphatic rings. The van der Waals surface area contributed by atoms with E-state index in [0.717, 1.165) is 0 Å². The highest BCUT2D eigenvalue weighted by atomic mass is 15.3. The Morgan fingerprint density at radius 1 is 1.07 bits per heavy atom. The van der Waals surface area contributed by atoms with Gasteiger partial charge in [-0.15, -0.1) is 0 Å². The zero-order chi connectivity index (χ0) is 10.7. The summed E-state index contributed by atoms with van der Waals surface area (Å²) in [5.74, 6) is 0. The number of likely N-dealkylation sites (N-methyl/N-ethyl adjacent to an activating group) is 1. The third-order valence-electron chi connectivity index (χ3n) is 4.19. The highest BCUT2D eigenvalue weighted by Gasteiger charge is 2.32. The highest BCUT2D eigenvalue weighted by molar-refractivity contribution is 4.93. The van der Waals surface area contributed by atoms with Gasteiger partial charge < -0.3 is 15.5 Å². The minimum atomic E-state index is 0.210. The van der Waals surface area contributed by atoms with Crippen molar-refractivity contribution in [3.63, 3.8) is 0 Å². The third-order valence-corrected chi connectivity index (χ3v) is 4.19. The minimum Gasteiger partial charge on any atom is -0.325 e. The highest BCUT2D eigenvalue weighted by Crippen LogP contribution is 2.32. The lowest BCUT2D eigenvalue weighted by Gasteiger charge is -2.41. The molecular weight excluding hydrogens is 186 g/mol. The van der Waals surface area contributed by atoms with Gasteiger partial charge in [-0.2, -0.15) is 0 Å². The fraction of sp³-hybridized carbons (Fsp3) is 1.00. The summed E-state index contributed by atoms with van der Waals surface area (Å²) in [7, 11) is 0. The molecule has 1 saturated carbocycles. The molecule has 0 atom stereocenters. The Hall–Kier alpha value is -0.120. The van der Waals surface area contributed by atoms with E-state index in [9.17, 15) is 0 Å². The number of hydrogen-bond acceptors (Lipinski definition) is 3. The van der Waals surface area contributed by atoms with Crippen LogP contribution < -0.4 is 5.73 Å². The second-order valence-corrected chi connectivity index (χ2v) is 5.24. The van der Waals surface area contributed by atoms with Crippen LogP contribution in [0, 0.1) is 0 Å². The first-order valence-electron chi connectivity index (χ1n) is 6.45. The van der Waals surface area contributed by atoms with E-state index in [2.05, 4.69) is 16.7 Å². The lowest BCUT2D eigenvalue weighted by molar-refractivity contribution is 0.116. The smallest absolute Gasteiger partial charge is 0.0166 e. The average molecular weight is 211 g/mol. The molecule has 2 N–H and O–H groups in total. The van der Waals surface area contributed by atoms with E-state index in [1.165, 1.54) is 65.0 Å². The first-order valence-corrected chi connectivity index (χ1v) is 6.45. The Morgan fingerprint density at radius 3 is 2.13 bits per heavy atom. The molecule has 0 spiro atoms. The van der Waals surface area contributed by atoms with Gasteiger partial charge in [0.15, 0.2) is 0 Å². The molecular formula is C12H25N3. The van der Waals surface area contributed by atoms with Crippen molar-refractivity contribution >= 4 is 0 Å². The van der Waals surface area contributed by atoms with E-state index in [0.29, 0.717) is 0 Å². The van der Waals surface area contributed by atoms with Gasteiger partial charge in [-0.05, 0) is 38.8 Å². The molecule has 0 aromatic heterocycles. The number of hydrogen-bond donors (Lipinski definition) is 1. The second-order valence-electron chi connectivity index (χ2n) is 5.24. The number of piperazine rings is 1. The molecule has 1 aliphatic heterocycles. The fourth-order valence-corrected chi connectivity index (χ4v) is 2.59. The molecule has 1 saturated heterocycles. The van der Waals surface area contributed by atoms with Crippen molar-refractivity contribution in [2.24, 2.45) is 5.73 Å². The second kappa shape index (κ2) is 4.81. The van der Waals surface area contributed by atoms with Crippen molar-refractivity contribution in [1.82, 2.24) is 9.80 Å². The van der Waals surface area contributed by atoms with Gasteiger partial charge in [0.05, 0.1) is 0 Å². The van der Waals surface area contributed by atoms with Gasteiger partial charge in [0.25, 0.3) is 0 Å². The van der Waals surface area contributed by atoms with Gasteiger partial charge >= 0.3 is 0 Å². The van der Waals surface area contributed by atoms with Crippen LogP contribution in [-0.4, -0.2) is 54.6 Å². The summed E-state index contributed by atoms with van der Waals surface area (Å²) in [5.41, 5.74) is 6.45. The summed E-state index contributed by atoms with van der Waals surface area (Å²) in [6, 6.07) is 0. The van der Waals surface area contributed by atoms with Crippen LogP contribution in [0.15, 0.2) is 0 Å². The summed E-state index contributed by atoms with van der Waals surface area (Å²) in [5, 5.41) is 0. The lowest BCUT2D eigenvalue weighted by atomic mass is 9.75. The lowest BCUT2D eigenvalue weighted by Crippen LogP contribution is -2.51. The van der Waals surface area contributed by atoms with Crippen molar-refractivity contribution in [2.45, 2.75) is 38.1 Å². The zero-order valence-corrected chi connectivity index (χ0v) is 10.0. The molecule has 88 valence electrons. The van der Waals surface area contributed by atoms with Crippen LogP contribution in [0.3, 0.4) is 0 Å². The number of nitrogens with two attached hydrogens (primary N) is 1. The molecule has 3 heteroatoms. The Labute approximate surface area is 93.6 Å². The Bertz CT molecular complexity index is 193. The molecule has 2 fully saturated rings. The normalized spacial score (nSPS) is 27.6. The Balaban J connectivity index is 1.64. The van der Waals surface area contributed by atoms with Gasteiger partial charge in [-0.3, -0.25) is 0 Å². The van der Waals surface area contributed by atoms with Crippen LogP contribution in [0.2, 0.25) is 0 Å². The molecule has 0 unspecified atom stereocenters. The SMILES string of the molecule is CCN1CCN(CCC2(N)CCC2)CC1. The maximum atomic E-state index is 6.24. The van der Waals surface area contributed by atoms with E-state index < -0.39 is 0 Å². The quantitative estimate of drug-likeness (QED) is 0.750. The number of nitrogens with zero attached hydrogens (tertiary/aromatic N) is 2. The van der Waals surface area contributed by atoms with E-state index in [1.54, 1.807) is 0 Å². The largest absolute Gasteiger partial charge is 0.325 e. The summed E-state index contributed by atoms with van der Waals surface area (Å²) in [6.07, 6.45) is 5.06. The van der Waals surface area contributed by atoms with E-state index in [-0.39, 0.29) is 5.54 Å².